The molecule has 1 atom stereocenters. The smallest absolute Gasteiger partial charge is 0.340 e. The first kappa shape index (κ1) is 16.8. The molecule has 0 saturated heterocycles. The summed E-state index contributed by atoms with van der Waals surface area (Å²) in [5, 5.41) is 0. The molecule has 3 aromatic rings. The van der Waals surface area contributed by atoms with Crippen molar-refractivity contribution >= 4 is 23.4 Å². The fraction of sp³-hybridized carbons (Fsp3) is 0.0952. The van der Waals surface area contributed by atoms with Crippen LogP contribution < -0.4 is 10.6 Å². The van der Waals surface area contributed by atoms with E-state index in [0.717, 1.165) is 11.1 Å². The summed E-state index contributed by atoms with van der Waals surface area (Å²) in [6, 6.07) is 17.5. The van der Waals surface area contributed by atoms with Crippen LogP contribution in [0.4, 0.5) is 16.2 Å². The van der Waals surface area contributed by atoms with E-state index in [0.29, 0.717) is 23.4 Å². The molecule has 0 aliphatic carbocycles. The van der Waals surface area contributed by atoms with E-state index in [-0.39, 0.29) is 0 Å². The number of nitrogens with two attached hydrogens (primary N) is 1. The minimum atomic E-state index is -0.589. The van der Waals surface area contributed by atoms with E-state index in [4.69, 9.17) is 10.5 Å². The van der Waals surface area contributed by atoms with Gasteiger partial charge >= 0.3 is 12.0 Å². The number of carbonyl (C=O) groups is 2. The predicted molar refractivity (Wildman–Crippen MR) is 101 cm³/mol. The van der Waals surface area contributed by atoms with Crippen LogP contribution in [0.2, 0.25) is 0 Å². The van der Waals surface area contributed by atoms with Crippen LogP contribution in [0.3, 0.4) is 0 Å². The molecule has 2 heterocycles. The average molecular weight is 359 g/mol. The number of anilines is 2. The molecule has 2 aromatic carbocycles. The third kappa shape index (κ3) is 3.13. The van der Waals surface area contributed by atoms with Crippen LogP contribution in [0.5, 0.6) is 0 Å². The third-order valence-electron chi connectivity index (χ3n) is 4.53. The van der Waals surface area contributed by atoms with Crippen molar-refractivity contribution in [2.45, 2.75) is 12.5 Å². The lowest BCUT2D eigenvalue weighted by atomic mass is 10.0. The first-order chi connectivity index (χ1) is 13.1. The van der Waals surface area contributed by atoms with Gasteiger partial charge in [-0.1, -0.05) is 36.4 Å². The fourth-order valence-electron chi connectivity index (χ4n) is 3.33. The lowest BCUT2D eigenvalue weighted by molar-refractivity contribution is 0.0300. The second-order valence-electron chi connectivity index (χ2n) is 6.20. The van der Waals surface area contributed by atoms with Gasteiger partial charge in [-0.3, -0.25) is 9.88 Å². The number of rotatable bonds is 2. The second kappa shape index (κ2) is 6.92. The highest BCUT2D eigenvalue weighted by atomic mass is 16.5. The van der Waals surface area contributed by atoms with Crippen molar-refractivity contribution < 1.29 is 14.3 Å². The Balaban J connectivity index is 1.80. The van der Waals surface area contributed by atoms with Crippen LogP contribution in [0.25, 0.3) is 0 Å². The molecule has 0 fully saturated rings. The van der Waals surface area contributed by atoms with E-state index in [1.54, 1.807) is 24.4 Å². The maximum atomic E-state index is 12.6. The molecule has 4 rings (SSSR count). The Morgan fingerprint density at radius 1 is 1.00 bits per heavy atom. The molecule has 27 heavy (non-hydrogen) atoms. The molecule has 1 aliphatic rings. The number of aromatic nitrogens is 1. The van der Waals surface area contributed by atoms with Crippen LogP contribution in [-0.2, 0) is 11.2 Å². The Bertz CT molecular complexity index is 1000. The minimum absolute atomic E-state index is 0.374. The lowest BCUT2D eigenvalue weighted by Crippen LogP contribution is -2.32. The van der Waals surface area contributed by atoms with Gasteiger partial charge in [0, 0.05) is 24.4 Å². The summed E-state index contributed by atoms with van der Waals surface area (Å²) in [4.78, 5) is 30.2. The van der Waals surface area contributed by atoms with Crippen molar-refractivity contribution in [3.8, 4) is 0 Å². The minimum Gasteiger partial charge on any atom is -0.453 e. The van der Waals surface area contributed by atoms with Crippen molar-refractivity contribution in [2.24, 2.45) is 5.73 Å². The standard InChI is InChI=1S/C21H17N3O3/c22-21(26)24-17-9-3-1-6-14(17)12-19(16-8-2-4-10-18(16)24)27-20(25)15-7-5-11-23-13-15/h1-11,13,19H,12H2,(H2,22,26)/t19-/m1/s1. The molecule has 134 valence electrons. The van der Waals surface area contributed by atoms with E-state index in [1.807, 2.05) is 42.5 Å². The molecule has 2 amide bonds. The number of primary amides is 1. The van der Waals surface area contributed by atoms with Gasteiger partial charge in [0.25, 0.3) is 0 Å². The molecule has 1 aliphatic heterocycles. The zero-order chi connectivity index (χ0) is 18.8. The number of carbonyl (C=O) groups excluding carboxylic acids is 2. The summed E-state index contributed by atoms with van der Waals surface area (Å²) >= 11 is 0. The Hall–Kier alpha value is -3.67. The highest BCUT2D eigenvalue weighted by Crippen LogP contribution is 2.41. The maximum Gasteiger partial charge on any atom is 0.340 e. The highest BCUT2D eigenvalue weighted by molar-refractivity contribution is 6.00. The molecule has 0 unspecified atom stereocenters. The normalized spacial score (nSPS) is 15.3. The summed E-state index contributed by atoms with van der Waals surface area (Å²) in [6.07, 6.45) is 2.94. The molecular weight excluding hydrogens is 342 g/mol. The summed E-state index contributed by atoms with van der Waals surface area (Å²) < 4.78 is 5.81. The predicted octanol–water partition coefficient (Wildman–Crippen LogP) is 3.75. The van der Waals surface area contributed by atoms with Gasteiger partial charge in [0.2, 0.25) is 0 Å². The van der Waals surface area contributed by atoms with Gasteiger partial charge in [-0.25, -0.2) is 9.59 Å². The topological polar surface area (TPSA) is 85.5 Å². The van der Waals surface area contributed by atoms with E-state index in [9.17, 15) is 9.59 Å². The zero-order valence-electron chi connectivity index (χ0n) is 14.4. The summed E-state index contributed by atoms with van der Waals surface area (Å²) in [5.74, 6) is -0.465. The van der Waals surface area contributed by atoms with Crippen molar-refractivity contribution in [1.29, 1.82) is 0 Å². The monoisotopic (exact) mass is 359 g/mol. The largest absolute Gasteiger partial charge is 0.453 e. The quantitative estimate of drug-likeness (QED) is 0.706. The Kier molecular flexibility index (Phi) is 4.30. The van der Waals surface area contributed by atoms with E-state index >= 15 is 0 Å². The zero-order valence-corrected chi connectivity index (χ0v) is 14.4. The number of benzene rings is 2. The van der Waals surface area contributed by atoms with Gasteiger partial charge in [-0.2, -0.15) is 0 Å². The molecule has 2 N–H and O–H groups in total. The van der Waals surface area contributed by atoms with E-state index in [2.05, 4.69) is 4.98 Å². The summed E-state index contributed by atoms with van der Waals surface area (Å²) in [7, 11) is 0. The van der Waals surface area contributed by atoms with Crippen molar-refractivity contribution in [3.63, 3.8) is 0 Å². The van der Waals surface area contributed by atoms with Crippen LogP contribution in [0.1, 0.15) is 27.6 Å². The summed E-state index contributed by atoms with van der Waals surface area (Å²) in [6.45, 7) is 0. The number of para-hydroxylation sites is 2. The van der Waals surface area contributed by atoms with Gasteiger partial charge in [0.15, 0.2) is 0 Å². The Morgan fingerprint density at radius 2 is 1.74 bits per heavy atom. The Labute approximate surface area is 156 Å². The van der Waals surface area contributed by atoms with Gasteiger partial charge in [0.05, 0.1) is 16.9 Å². The highest BCUT2D eigenvalue weighted by Gasteiger charge is 2.31. The molecule has 6 nitrogen and oxygen atoms in total. The SMILES string of the molecule is NC(=O)N1c2ccccc2C[C@@H](OC(=O)c2cccnc2)c2ccccc21. The maximum absolute atomic E-state index is 12.6. The van der Waals surface area contributed by atoms with Gasteiger partial charge < -0.3 is 10.5 Å². The van der Waals surface area contributed by atoms with Crippen LogP contribution >= 0.6 is 0 Å². The molecule has 6 heteroatoms. The van der Waals surface area contributed by atoms with Crippen LogP contribution in [0, 0.1) is 0 Å². The van der Waals surface area contributed by atoms with Crippen LogP contribution in [-0.4, -0.2) is 17.0 Å². The van der Waals surface area contributed by atoms with Crippen molar-refractivity contribution in [2.75, 3.05) is 4.90 Å². The van der Waals surface area contributed by atoms with Gasteiger partial charge in [-0.05, 0) is 29.8 Å². The Morgan fingerprint density at radius 3 is 2.48 bits per heavy atom. The first-order valence-corrected chi connectivity index (χ1v) is 8.52. The number of hydrogen-bond acceptors (Lipinski definition) is 4. The summed E-state index contributed by atoms with van der Waals surface area (Å²) in [5.41, 5.74) is 8.95. The van der Waals surface area contributed by atoms with Crippen molar-refractivity contribution in [3.05, 3.63) is 89.7 Å². The second-order valence-corrected chi connectivity index (χ2v) is 6.20. The number of fused-ring (bicyclic) bond motifs is 2. The molecule has 0 saturated carbocycles. The van der Waals surface area contributed by atoms with Gasteiger partial charge in [0.1, 0.15) is 6.10 Å². The third-order valence-corrected chi connectivity index (χ3v) is 4.53. The number of hydrogen-bond donors (Lipinski definition) is 1. The molecule has 0 radical (unpaired) electrons. The number of nitrogens with zero attached hydrogens (tertiary/aromatic N) is 2. The fourth-order valence-corrected chi connectivity index (χ4v) is 3.33. The number of amides is 2. The molecule has 0 bridgehead atoms. The van der Waals surface area contributed by atoms with Gasteiger partial charge in [-0.15, -0.1) is 0 Å². The van der Waals surface area contributed by atoms with E-state index < -0.39 is 18.1 Å². The number of esters is 1. The lowest BCUT2D eigenvalue weighted by Gasteiger charge is -2.23. The molecule has 0 spiro atoms. The average Bonchev–Trinajstić information content (AvgIpc) is 2.83. The van der Waals surface area contributed by atoms with Crippen molar-refractivity contribution in [1.82, 2.24) is 4.98 Å². The number of urea groups is 1. The van der Waals surface area contributed by atoms with E-state index in [1.165, 1.54) is 11.1 Å². The first-order valence-electron chi connectivity index (χ1n) is 8.52. The number of pyridine rings is 1. The van der Waals surface area contributed by atoms with Crippen LogP contribution in [0.15, 0.2) is 73.1 Å². The number of ether oxygens (including phenoxy) is 1. The molecule has 1 aromatic heterocycles. The molecular formula is C21H17N3O3.